The zero-order valence-corrected chi connectivity index (χ0v) is 17.1. The molecule has 4 aromatic carbocycles. The van der Waals surface area contributed by atoms with E-state index in [0.29, 0.717) is 12.1 Å². The summed E-state index contributed by atoms with van der Waals surface area (Å²) in [6, 6.07) is 31.4. The van der Waals surface area contributed by atoms with Crippen LogP contribution in [0.2, 0.25) is 0 Å². The summed E-state index contributed by atoms with van der Waals surface area (Å²) in [5.41, 5.74) is 2.80. The van der Waals surface area contributed by atoms with Gasteiger partial charge in [0.2, 0.25) is 6.34 Å². The number of hydrogen-bond acceptors (Lipinski definition) is 1. The molecule has 0 aromatic heterocycles. The average molecular weight is 380 g/mol. The van der Waals surface area contributed by atoms with E-state index in [4.69, 9.17) is 0 Å². The Labute approximate surface area is 172 Å². The number of nitrogens with zero attached hydrogens (tertiary/aromatic N) is 2. The Hall–Kier alpha value is -3.13. The Morgan fingerprint density at radius 2 is 1.24 bits per heavy atom. The van der Waals surface area contributed by atoms with Gasteiger partial charge in [-0.05, 0) is 35.4 Å². The van der Waals surface area contributed by atoms with Gasteiger partial charge in [0.15, 0.2) is 0 Å². The molecule has 0 bridgehead atoms. The third-order valence-electron chi connectivity index (χ3n) is 6.45. The average Bonchev–Trinajstić information content (AvgIpc) is 3.28. The van der Waals surface area contributed by atoms with Gasteiger partial charge in [0.05, 0.1) is 0 Å². The molecule has 0 amide bonds. The van der Waals surface area contributed by atoms with E-state index in [-0.39, 0.29) is 0 Å². The molecule has 0 N–H and O–H groups in total. The third-order valence-corrected chi connectivity index (χ3v) is 6.45. The Bertz CT molecular complexity index is 1200. The molecule has 0 unspecified atom stereocenters. The molecule has 29 heavy (non-hydrogen) atoms. The van der Waals surface area contributed by atoms with Crippen molar-refractivity contribution in [1.82, 2.24) is 4.90 Å². The molecule has 2 heteroatoms. The molecule has 0 saturated carbocycles. The van der Waals surface area contributed by atoms with E-state index in [9.17, 15) is 0 Å². The summed E-state index contributed by atoms with van der Waals surface area (Å²) >= 11 is 0. The summed E-state index contributed by atoms with van der Waals surface area (Å²) in [7, 11) is 0. The van der Waals surface area contributed by atoms with Crippen LogP contribution < -0.4 is 0 Å². The highest BCUT2D eigenvalue weighted by Gasteiger charge is 2.29. The molecule has 0 spiro atoms. The van der Waals surface area contributed by atoms with E-state index >= 15 is 0 Å². The lowest BCUT2D eigenvalue weighted by molar-refractivity contribution is -0.555. The predicted molar refractivity (Wildman–Crippen MR) is 123 cm³/mol. The summed E-state index contributed by atoms with van der Waals surface area (Å²) in [5, 5.41) is 5.35. The maximum absolute atomic E-state index is 2.49. The monoisotopic (exact) mass is 379 g/mol. The van der Waals surface area contributed by atoms with E-state index in [2.05, 4.69) is 115 Å². The minimum atomic E-state index is 0.353. The van der Waals surface area contributed by atoms with Gasteiger partial charge in [0, 0.05) is 11.1 Å². The van der Waals surface area contributed by atoms with Gasteiger partial charge in [0.1, 0.15) is 25.2 Å². The first-order valence-electron chi connectivity index (χ1n) is 10.5. The summed E-state index contributed by atoms with van der Waals surface area (Å²) in [6.07, 6.45) is 2.35. The molecular formula is C27H27N2+. The molecule has 2 nitrogen and oxygen atoms in total. The van der Waals surface area contributed by atoms with Crippen LogP contribution in [0.15, 0.2) is 84.9 Å². The molecular weight excluding hydrogens is 352 g/mol. The van der Waals surface area contributed by atoms with Crippen molar-refractivity contribution >= 4 is 27.9 Å². The smallest absolute Gasteiger partial charge is 0.235 e. The second-order valence-corrected chi connectivity index (χ2v) is 8.08. The van der Waals surface area contributed by atoms with E-state index in [1.54, 1.807) is 0 Å². The number of fused-ring (bicyclic) bond motifs is 2. The molecule has 0 aliphatic carbocycles. The Morgan fingerprint density at radius 1 is 0.690 bits per heavy atom. The standard InChI is InChI=1S/C27H27N2/c1-20(24-15-7-11-22-9-3-5-13-26(22)24)28-17-18-29(19-28)21(2)25-16-8-12-23-10-4-6-14-27(23)25/h3-16,19-21H,17-18H2,1-2H3/q+1/t20-,21-/m1/s1. The molecule has 0 saturated heterocycles. The molecule has 1 heterocycles. The van der Waals surface area contributed by atoms with Crippen molar-refractivity contribution in [2.45, 2.75) is 25.9 Å². The summed E-state index contributed by atoms with van der Waals surface area (Å²) in [4.78, 5) is 2.49. The lowest BCUT2D eigenvalue weighted by atomic mass is 9.99. The van der Waals surface area contributed by atoms with Crippen LogP contribution in [0, 0.1) is 0 Å². The van der Waals surface area contributed by atoms with Crippen molar-refractivity contribution in [3.63, 3.8) is 0 Å². The fraction of sp³-hybridized carbons (Fsp3) is 0.222. The van der Waals surface area contributed by atoms with Crippen molar-refractivity contribution in [2.75, 3.05) is 13.1 Å². The van der Waals surface area contributed by atoms with Crippen LogP contribution in [-0.2, 0) is 0 Å². The van der Waals surface area contributed by atoms with Crippen LogP contribution in [-0.4, -0.2) is 28.9 Å². The number of hydrogen-bond donors (Lipinski definition) is 0. The SMILES string of the molecule is C[C@H](c1cccc2ccccc12)N1C=[N+]([C@H](C)c2cccc3ccccc23)CC1. The van der Waals surface area contributed by atoms with E-state index in [1.807, 2.05) is 0 Å². The van der Waals surface area contributed by atoms with Gasteiger partial charge < -0.3 is 0 Å². The first-order valence-corrected chi connectivity index (χ1v) is 10.5. The van der Waals surface area contributed by atoms with Crippen LogP contribution >= 0.6 is 0 Å². The minimum absolute atomic E-state index is 0.353. The van der Waals surface area contributed by atoms with Gasteiger partial charge in [-0.15, -0.1) is 0 Å². The van der Waals surface area contributed by atoms with Crippen LogP contribution in [0.25, 0.3) is 21.5 Å². The molecule has 5 rings (SSSR count). The fourth-order valence-electron chi connectivity index (χ4n) is 4.71. The maximum Gasteiger partial charge on any atom is 0.235 e. The molecule has 1 aliphatic heterocycles. The van der Waals surface area contributed by atoms with Crippen LogP contribution in [0.1, 0.15) is 37.1 Å². The first-order chi connectivity index (χ1) is 14.2. The highest BCUT2D eigenvalue weighted by Crippen LogP contribution is 2.30. The lowest BCUT2D eigenvalue weighted by Crippen LogP contribution is -2.23. The van der Waals surface area contributed by atoms with Gasteiger partial charge in [-0.25, -0.2) is 0 Å². The highest BCUT2D eigenvalue weighted by atomic mass is 15.3. The predicted octanol–water partition coefficient (Wildman–Crippen LogP) is 6.17. The topological polar surface area (TPSA) is 6.25 Å². The number of benzene rings is 4. The maximum atomic E-state index is 2.49. The van der Waals surface area contributed by atoms with Crippen LogP contribution in [0.3, 0.4) is 0 Å². The second-order valence-electron chi connectivity index (χ2n) is 8.08. The van der Waals surface area contributed by atoms with Crippen LogP contribution in [0.4, 0.5) is 0 Å². The Balaban J connectivity index is 1.46. The largest absolute Gasteiger partial charge is 0.258 e. The van der Waals surface area contributed by atoms with Gasteiger partial charge >= 0.3 is 0 Å². The zero-order valence-electron chi connectivity index (χ0n) is 17.1. The molecule has 2 atom stereocenters. The van der Waals surface area contributed by atoms with Crippen molar-refractivity contribution in [3.05, 3.63) is 96.1 Å². The third kappa shape index (κ3) is 3.19. The highest BCUT2D eigenvalue weighted by molar-refractivity contribution is 5.87. The molecule has 0 radical (unpaired) electrons. The van der Waals surface area contributed by atoms with Crippen molar-refractivity contribution in [1.29, 1.82) is 0 Å². The summed E-state index contributed by atoms with van der Waals surface area (Å²) in [5.74, 6) is 0. The van der Waals surface area contributed by atoms with Crippen molar-refractivity contribution in [2.24, 2.45) is 0 Å². The van der Waals surface area contributed by atoms with Gasteiger partial charge in [-0.1, -0.05) is 84.9 Å². The number of rotatable bonds is 4. The Morgan fingerprint density at radius 3 is 1.93 bits per heavy atom. The lowest BCUT2D eigenvalue weighted by Gasteiger charge is -2.18. The molecule has 144 valence electrons. The molecule has 4 aromatic rings. The molecule has 0 fully saturated rings. The van der Waals surface area contributed by atoms with Gasteiger partial charge in [-0.3, -0.25) is 9.48 Å². The second kappa shape index (κ2) is 7.36. The summed E-state index contributed by atoms with van der Waals surface area (Å²) in [6.45, 7) is 6.76. The fourth-order valence-corrected chi connectivity index (χ4v) is 4.71. The molecule has 1 aliphatic rings. The van der Waals surface area contributed by atoms with Gasteiger partial charge in [0.25, 0.3) is 0 Å². The Kier molecular flexibility index (Phi) is 4.55. The van der Waals surface area contributed by atoms with E-state index < -0.39 is 0 Å². The van der Waals surface area contributed by atoms with Crippen molar-refractivity contribution < 1.29 is 4.58 Å². The first kappa shape index (κ1) is 17.9. The van der Waals surface area contributed by atoms with Gasteiger partial charge in [-0.2, -0.15) is 0 Å². The minimum Gasteiger partial charge on any atom is -0.258 e. The van der Waals surface area contributed by atoms with Crippen molar-refractivity contribution in [3.8, 4) is 0 Å². The zero-order chi connectivity index (χ0) is 19.8. The normalized spacial score (nSPS) is 16.2. The van der Waals surface area contributed by atoms with Crippen LogP contribution in [0.5, 0.6) is 0 Å². The van der Waals surface area contributed by atoms with E-state index in [1.165, 1.54) is 32.7 Å². The quantitative estimate of drug-likeness (QED) is 0.384. The van der Waals surface area contributed by atoms with E-state index in [0.717, 1.165) is 13.1 Å². The summed E-state index contributed by atoms with van der Waals surface area (Å²) < 4.78 is 2.49.